The van der Waals surface area contributed by atoms with Gasteiger partial charge in [0.2, 0.25) is 0 Å². The van der Waals surface area contributed by atoms with Crippen LogP contribution < -0.4 is 4.90 Å². The number of alkyl halides is 6. The smallest absolute Gasteiger partial charge is 0.368 e. The molecular formula is C12H9F6N3. The third-order valence-electron chi connectivity index (χ3n) is 3.59. The highest BCUT2D eigenvalue weighted by atomic mass is 19.4. The van der Waals surface area contributed by atoms with E-state index < -0.39 is 37.3 Å². The van der Waals surface area contributed by atoms with Crippen LogP contribution in [0.1, 0.15) is 12.1 Å². The maximum Gasteiger partial charge on any atom is 0.404 e. The lowest BCUT2D eigenvalue weighted by atomic mass is 9.85. The molecule has 0 N–H and O–H groups in total. The Hall–Kier alpha value is -1.98. The molecule has 0 unspecified atom stereocenters. The molecule has 114 valence electrons. The molecule has 1 aliphatic heterocycles. The first-order chi connectivity index (χ1) is 9.62. The van der Waals surface area contributed by atoms with E-state index in [-0.39, 0.29) is 11.4 Å². The SMILES string of the molecule is N#Cc1ncccc1N1CCC(C(F)(F)F)(C(F)(F)F)C1. The number of halogens is 6. The van der Waals surface area contributed by atoms with Gasteiger partial charge in [-0.3, -0.25) is 0 Å². The first-order valence-electron chi connectivity index (χ1n) is 5.86. The van der Waals surface area contributed by atoms with E-state index in [4.69, 9.17) is 5.26 Å². The van der Waals surface area contributed by atoms with Crippen LogP contribution in [0.25, 0.3) is 0 Å². The first kappa shape index (κ1) is 15.4. The predicted octanol–water partition coefficient (Wildman–Crippen LogP) is 3.27. The quantitative estimate of drug-likeness (QED) is 0.748. The number of hydrogen-bond acceptors (Lipinski definition) is 3. The standard InChI is InChI=1S/C12H9F6N3/c13-11(14,15)10(12(16,17)18)3-5-21(7-10)9-2-1-4-20-8(9)6-19/h1-2,4H,3,5,7H2. The summed E-state index contributed by atoms with van der Waals surface area (Å²) in [5.41, 5.74) is -3.99. The summed E-state index contributed by atoms with van der Waals surface area (Å²) >= 11 is 0. The molecule has 0 atom stereocenters. The number of nitriles is 1. The fourth-order valence-electron chi connectivity index (χ4n) is 2.38. The van der Waals surface area contributed by atoms with Gasteiger partial charge in [-0.05, 0) is 18.6 Å². The summed E-state index contributed by atoms with van der Waals surface area (Å²) in [5, 5.41) is 8.84. The molecule has 0 spiro atoms. The molecule has 0 saturated carbocycles. The van der Waals surface area contributed by atoms with Gasteiger partial charge >= 0.3 is 12.4 Å². The average molecular weight is 309 g/mol. The first-order valence-corrected chi connectivity index (χ1v) is 5.86. The number of anilines is 1. The van der Waals surface area contributed by atoms with Gasteiger partial charge in [0.15, 0.2) is 11.1 Å². The zero-order valence-corrected chi connectivity index (χ0v) is 10.5. The number of nitrogens with zero attached hydrogens (tertiary/aromatic N) is 3. The van der Waals surface area contributed by atoms with Gasteiger partial charge in [-0.2, -0.15) is 31.6 Å². The maximum absolute atomic E-state index is 13.0. The van der Waals surface area contributed by atoms with E-state index in [0.29, 0.717) is 0 Å². The van der Waals surface area contributed by atoms with Crippen LogP contribution in [0.3, 0.4) is 0 Å². The number of aromatic nitrogens is 1. The van der Waals surface area contributed by atoms with E-state index in [0.717, 1.165) is 4.90 Å². The van der Waals surface area contributed by atoms with Crippen molar-refractivity contribution in [2.45, 2.75) is 18.8 Å². The summed E-state index contributed by atoms with van der Waals surface area (Å²) < 4.78 is 77.7. The Bertz CT molecular complexity index is 558. The van der Waals surface area contributed by atoms with Crippen molar-refractivity contribution in [3.8, 4) is 6.07 Å². The molecule has 0 bridgehead atoms. The van der Waals surface area contributed by atoms with Crippen molar-refractivity contribution in [3.05, 3.63) is 24.0 Å². The lowest BCUT2D eigenvalue weighted by Gasteiger charge is -2.33. The van der Waals surface area contributed by atoms with E-state index >= 15 is 0 Å². The van der Waals surface area contributed by atoms with Crippen LogP contribution in [-0.4, -0.2) is 30.4 Å². The Kier molecular flexibility index (Phi) is 3.51. The van der Waals surface area contributed by atoms with Gasteiger partial charge in [0.05, 0.1) is 5.69 Å². The minimum Gasteiger partial charge on any atom is -0.368 e. The summed E-state index contributed by atoms with van der Waals surface area (Å²) in [5.74, 6) is 0. The van der Waals surface area contributed by atoms with Crippen LogP contribution >= 0.6 is 0 Å². The topological polar surface area (TPSA) is 39.9 Å². The summed E-state index contributed by atoms with van der Waals surface area (Å²) in [6.45, 7) is -1.71. The van der Waals surface area contributed by atoms with Crippen molar-refractivity contribution in [2.75, 3.05) is 18.0 Å². The van der Waals surface area contributed by atoms with Gasteiger partial charge < -0.3 is 4.90 Å². The van der Waals surface area contributed by atoms with Crippen molar-refractivity contribution in [3.63, 3.8) is 0 Å². The Labute approximate surface area is 115 Å². The minimum absolute atomic E-state index is 0.0182. The molecular weight excluding hydrogens is 300 g/mol. The fraction of sp³-hybridized carbons (Fsp3) is 0.500. The van der Waals surface area contributed by atoms with E-state index in [2.05, 4.69) is 4.98 Å². The third kappa shape index (κ3) is 2.39. The molecule has 0 amide bonds. The van der Waals surface area contributed by atoms with Crippen LogP contribution in [0.15, 0.2) is 18.3 Å². The van der Waals surface area contributed by atoms with Crippen LogP contribution in [0.2, 0.25) is 0 Å². The molecule has 2 rings (SSSR count). The van der Waals surface area contributed by atoms with E-state index in [1.165, 1.54) is 18.3 Å². The maximum atomic E-state index is 13.0. The van der Waals surface area contributed by atoms with Gasteiger partial charge in [-0.15, -0.1) is 0 Å². The van der Waals surface area contributed by atoms with Crippen LogP contribution in [0.5, 0.6) is 0 Å². The Morgan fingerprint density at radius 1 is 1.19 bits per heavy atom. The lowest BCUT2D eigenvalue weighted by molar-refractivity contribution is -0.332. The van der Waals surface area contributed by atoms with Crippen molar-refractivity contribution in [1.82, 2.24) is 4.98 Å². The van der Waals surface area contributed by atoms with Gasteiger partial charge in [0.1, 0.15) is 6.07 Å². The van der Waals surface area contributed by atoms with Gasteiger partial charge in [0.25, 0.3) is 0 Å². The second-order valence-electron chi connectivity index (χ2n) is 4.73. The fourth-order valence-corrected chi connectivity index (χ4v) is 2.38. The Balaban J connectivity index is 2.41. The van der Waals surface area contributed by atoms with Gasteiger partial charge in [-0.25, -0.2) is 4.98 Å². The molecule has 1 saturated heterocycles. The summed E-state index contributed by atoms with van der Waals surface area (Å²) in [7, 11) is 0. The monoisotopic (exact) mass is 309 g/mol. The van der Waals surface area contributed by atoms with Crippen LogP contribution in [0, 0.1) is 16.7 Å². The van der Waals surface area contributed by atoms with E-state index in [1.54, 1.807) is 6.07 Å². The molecule has 0 radical (unpaired) electrons. The molecule has 21 heavy (non-hydrogen) atoms. The zero-order valence-electron chi connectivity index (χ0n) is 10.5. The van der Waals surface area contributed by atoms with Gasteiger partial charge in [-0.1, -0.05) is 0 Å². The van der Waals surface area contributed by atoms with Crippen molar-refractivity contribution < 1.29 is 26.3 Å². The highest BCUT2D eigenvalue weighted by molar-refractivity contribution is 5.56. The third-order valence-corrected chi connectivity index (χ3v) is 3.59. The minimum atomic E-state index is -5.41. The van der Waals surface area contributed by atoms with E-state index in [9.17, 15) is 26.3 Å². The molecule has 2 heterocycles. The van der Waals surface area contributed by atoms with Crippen molar-refractivity contribution in [2.24, 2.45) is 5.41 Å². The number of rotatable bonds is 1. The van der Waals surface area contributed by atoms with E-state index in [1.807, 2.05) is 0 Å². The highest BCUT2D eigenvalue weighted by Crippen LogP contribution is 2.56. The number of hydrogen-bond donors (Lipinski definition) is 0. The number of pyridine rings is 1. The molecule has 3 nitrogen and oxygen atoms in total. The van der Waals surface area contributed by atoms with Gasteiger partial charge in [0, 0.05) is 19.3 Å². The van der Waals surface area contributed by atoms with Crippen LogP contribution in [-0.2, 0) is 0 Å². The predicted molar refractivity (Wildman–Crippen MR) is 60.3 cm³/mol. The largest absolute Gasteiger partial charge is 0.404 e. The highest BCUT2D eigenvalue weighted by Gasteiger charge is 2.72. The molecule has 9 heteroatoms. The Morgan fingerprint density at radius 3 is 2.29 bits per heavy atom. The molecule has 0 aliphatic carbocycles. The summed E-state index contributed by atoms with van der Waals surface area (Å²) in [6, 6.07) is 4.31. The Morgan fingerprint density at radius 2 is 1.81 bits per heavy atom. The zero-order chi connectivity index (χ0) is 15.9. The summed E-state index contributed by atoms with van der Waals surface area (Å²) in [6.07, 6.45) is -10.7. The average Bonchev–Trinajstić information content (AvgIpc) is 2.84. The molecule has 1 aromatic rings. The lowest BCUT2D eigenvalue weighted by Crippen LogP contribution is -2.51. The second-order valence-corrected chi connectivity index (χ2v) is 4.73. The molecule has 1 aromatic heterocycles. The molecule has 1 aliphatic rings. The molecule has 0 aromatic carbocycles. The van der Waals surface area contributed by atoms with Crippen molar-refractivity contribution in [1.29, 1.82) is 5.26 Å². The normalized spacial score (nSPS) is 18.6. The second kappa shape index (κ2) is 4.79. The summed E-state index contributed by atoms with van der Waals surface area (Å²) in [4.78, 5) is 4.56. The molecule has 1 fully saturated rings. The van der Waals surface area contributed by atoms with Crippen molar-refractivity contribution >= 4 is 5.69 Å². The van der Waals surface area contributed by atoms with Crippen LogP contribution in [0.4, 0.5) is 32.0 Å².